The zero-order valence-corrected chi connectivity index (χ0v) is 13.5. The first-order chi connectivity index (χ1) is 12.0. The molecular formula is C16H17F2N5O2. The number of hydrogen-bond donors (Lipinski definition) is 1. The summed E-state index contributed by atoms with van der Waals surface area (Å²) in [5.41, 5.74) is 1.19. The standard InChI is InChI=1S/C16H17F2N5O2/c1-21(8-13-19-6-7-22(13)16(17)18)10-15(25)23-9-14(24)20-11-4-2-3-5-12(11)23/h2-7,16H,8-10H2,1H3,(H,20,24). The SMILES string of the molecule is CN(CC(=O)N1CC(=O)Nc2ccccc21)Cc1nccn1C(F)F. The van der Waals surface area contributed by atoms with Gasteiger partial charge in [-0.2, -0.15) is 8.78 Å². The fraction of sp³-hybridized carbons (Fsp3) is 0.312. The number of fused-ring (bicyclic) bond motifs is 1. The summed E-state index contributed by atoms with van der Waals surface area (Å²) in [6, 6.07) is 7.01. The largest absolute Gasteiger partial charge is 0.323 e. The van der Waals surface area contributed by atoms with Gasteiger partial charge in [0.25, 0.3) is 0 Å². The van der Waals surface area contributed by atoms with Gasteiger partial charge >= 0.3 is 6.55 Å². The fourth-order valence-electron chi connectivity index (χ4n) is 2.71. The number of amides is 2. The molecule has 2 aromatic rings. The molecule has 1 N–H and O–H groups in total. The summed E-state index contributed by atoms with van der Waals surface area (Å²) in [5, 5.41) is 2.71. The number of halogens is 2. The number of nitrogens with one attached hydrogen (secondary N) is 1. The lowest BCUT2D eigenvalue weighted by Gasteiger charge is -2.30. The summed E-state index contributed by atoms with van der Waals surface area (Å²) in [4.78, 5) is 31.3. The molecule has 2 amide bonds. The van der Waals surface area contributed by atoms with E-state index >= 15 is 0 Å². The van der Waals surface area contributed by atoms with E-state index in [4.69, 9.17) is 0 Å². The summed E-state index contributed by atoms with van der Waals surface area (Å²) < 4.78 is 26.5. The molecule has 2 heterocycles. The number of rotatable bonds is 5. The number of nitrogens with zero attached hydrogens (tertiary/aromatic N) is 4. The van der Waals surface area contributed by atoms with Crippen molar-refractivity contribution in [1.82, 2.24) is 14.5 Å². The van der Waals surface area contributed by atoms with E-state index in [1.165, 1.54) is 17.3 Å². The van der Waals surface area contributed by atoms with Gasteiger partial charge in [-0.05, 0) is 19.2 Å². The van der Waals surface area contributed by atoms with Crippen LogP contribution in [0.4, 0.5) is 20.2 Å². The van der Waals surface area contributed by atoms with Crippen molar-refractivity contribution in [3.8, 4) is 0 Å². The molecule has 0 spiro atoms. The number of likely N-dealkylation sites (N-methyl/N-ethyl adjacent to an activating group) is 1. The normalized spacial score (nSPS) is 14.0. The van der Waals surface area contributed by atoms with E-state index < -0.39 is 6.55 Å². The second-order valence-corrected chi connectivity index (χ2v) is 5.75. The van der Waals surface area contributed by atoms with Gasteiger partial charge in [-0.15, -0.1) is 0 Å². The zero-order chi connectivity index (χ0) is 18.0. The number of imidazole rings is 1. The maximum atomic E-state index is 12.9. The van der Waals surface area contributed by atoms with E-state index in [1.807, 2.05) is 0 Å². The number of para-hydroxylation sites is 2. The van der Waals surface area contributed by atoms with Gasteiger partial charge in [-0.1, -0.05) is 12.1 Å². The molecule has 7 nitrogen and oxygen atoms in total. The Kier molecular flexibility index (Phi) is 4.75. The predicted molar refractivity (Wildman–Crippen MR) is 87.2 cm³/mol. The average molecular weight is 349 g/mol. The highest BCUT2D eigenvalue weighted by atomic mass is 19.3. The second kappa shape index (κ2) is 6.98. The van der Waals surface area contributed by atoms with Gasteiger partial charge < -0.3 is 5.32 Å². The lowest BCUT2D eigenvalue weighted by molar-refractivity contribution is -0.122. The molecule has 25 heavy (non-hydrogen) atoms. The van der Waals surface area contributed by atoms with Crippen LogP contribution in [0.15, 0.2) is 36.7 Å². The van der Waals surface area contributed by atoms with Crippen LogP contribution in [0.3, 0.4) is 0 Å². The first-order valence-electron chi connectivity index (χ1n) is 7.63. The van der Waals surface area contributed by atoms with Crippen LogP contribution < -0.4 is 10.2 Å². The molecule has 0 atom stereocenters. The van der Waals surface area contributed by atoms with Gasteiger partial charge in [0, 0.05) is 12.4 Å². The predicted octanol–water partition coefficient (Wildman–Crippen LogP) is 1.70. The Morgan fingerprint density at radius 1 is 1.40 bits per heavy atom. The van der Waals surface area contributed by atoms with E-state index in [0.29, 0.717) is 11.4 Å². The maximum absolute atomic E-state index is 12.9. The third kappa shape index (κ3) is 3.66. The van der Waals surface area contributed by atoms with Crippen LogP contribution in [0.5, 0.6) is 0 Å². The van der Waals surface area contributed by atoms with Crippen molar-refractivity contribution in [3.63, 3.8) is 0 Å². The smallest absolute Gasteiger partial charge is 0.319 e. The van der Waals surface area contributed by atoms with Crippen molar-refractivity contribution >= 4 is 23.2 Å². The molecular weight excluding hydrogens is 332 g/mol. The maximum Gasteiger partial charge on any atom is 0.319 e. The Balaban J connectivity index is 1.70. The zero-order valence-electron chi connectivity index (χ0n) is 13.5. The van der Waals surface area contributed by atoms with Gasteiger partial charge in [0.05, 0.1) is 24.5 Å². The van der Waals surface area contributed by atoms with Gasteiger partial charge in [0.15, 0.2) is 0 Å². The molecule has 1 aromatic heterocycles. The summed E-state index contributed by atoms with van der Waals surface area (Å²) in [6.07, 6.45) is 2.49. The molecule has 0 saturated carbocycles. The van der Waals surface area contributed by atoms with Crippen LogP contribution >= 0.6 is 0 Å². The molecule has 0 aliphatic carbocycles. The van der Waals surface area contributed by atoms with Crippen LogP contribution in [0.2, 0.25) is 0 Å². The Hall–Kier alpha value is -2.81. The molecule has 9 heteroatoms. The Morgan fingerprint density at radius 3 is 2.92 bits per heavy atom. The van der Waals surface area contributed by atoms with Gasteiger partial charge in [-0.3, -0.25) is 24.0 Å². The van der Waals surface area contributed by atoms with Crippen molar-refractivity contribution in [2.24, 2.45) is 0 Å². The third-order valence-corrected chi connectivity index (χ3v) is 3.85. The van der Waals surface area contributed by atoms with E-state index in [9.17, 15) is 18.4 Å². The molecule has 0 fully saturated rings. The molecule has 1 aliphatic rings. The van der Waals surface area contributed by atoms with Crippen molar-refractivity contribution in [3.05, 3.63) is 42.5 Å². The average Bonchev–Trinajstić information content (AvgIpc) is 3.02. The topological polar surface area (TPSA) is 70.5 Å². The number of benzene rings is 1. The highest BCUT2D eigenvalue weighted by Crippen LogP contribution is 2.28. The van der Waals surface area contributed by atoms with Gasteiger partial charge in [0.1, 0.15) is 12.4 Å². The van der Waals surface area contributed by atoms with Crippen molar-refractivity contribution in [2.45, 2.75) is 13.1 Å². The Bertz CT molecular complexity index is 792. The number of anilines is 2. The summed E-state index contributed by atoms with van der Waals surface area (Å²) in [6.45, 7) is -2.70. The van der Waals surface area contributed by atoms with E-state index in [1.54, 1.807) is 36.2 Å². The first kappa shape index (κ1) is 17.0. The molecule has 1 aromatic carbocycles. The quantitative estimate of drug-likeness (QED) is 0.892. The van der Waals surface area contributed by atoms with Crippen LogP contribution in [0, 0.1) is 0 Å². The van der Waals surface area contributed by atoms with E-state index in [2.05, 4.69) is 10.3 Å². The van der Waals surface area contributed by atoms with Crippen LogP contribution in [-0.2, 0) is 16.1 Å². The number of aromatic nitrogens is 2. The molecule has 0 radical (unpaired) electrons. The monoisotopic (exact) mass is 349 g/mol. The van der Waals surface area contributed by atoms with Crippen molar-refractivity contribution in [1.29, 1.82) is 0 Å². The highest BCUT2D eigenvalue weighted by Gasteiger charge is 2.27. The molecule has 1 aliphatic heterocycles. The number of hydrogen-bond acceptors (Lipinski definition) is 4. The van der Waals surface area contributed by atoms with Crippen LogP contribution in [-0.4, -0.2) is 46.4 Å². The minimum Gasteiger partial charge on any atom is -0.323 e. The molecule has 0 saturated heterocycles. The summed E-state index contributed by atoms with van der Waals surface area (Å²) in [5.74, 6) is -0.398. The second-order valence-electron chi connectivity index (χ2n) is 5.75. The molecule has 3 rings (SSSR count). The Morgan fingerprint density at radius 2 is 2.16 bits per heavy atom. The number of carbonyl (C=O) groups excluding carboxylic acids is 2. The lowest BCUT2D eigenvalue weighted by Crippen LogP contribution is -2.46. The van der Waals surface area contributed by atoms with Gasteiger partial charge in [-0.25, -0.2) is 4.98 Å². The molecule has 0 unspecified atom stereocenters. The number of carbonyl (C=O) groups is 2. The lowest BCUT2D eigenvalue weighted by atomic mass is 10.2. The minimum atomic E-state index is -2.68. The van der Waals surface area contributed by atoms with E-state index in [0.717, 1.165) is 4.57 Å². The minimum absolute atomic E-state index is 0.0300. The molecule has 0 bridgehead atoms. The highest BCUT2D eigenvalue weighted by molar-refractivity contribution is 6.10. The first-order valence-corrected chi connectivity index (χ1v) is 7.63. The Labute approximate surface area is 142 Å². The van der Waals surface area contributed by atoms with Crippen LogP contribution in [0.25, 0.3) is 0 Å². The summed E-state index contributed by atoms with van der Waals surface area (Å²) >= 11 is 0. The fourth-order valence-corrected chi connectivity index (χ4v) is 2.71. The number of alkyl halides is 2. The van der Waals surface area contributed by atoms with E-state index in [-0.39, 0.29) is 37.3 Å². The van der Waals surface area contributed by atoms with Gasteiger partial charge in [0.2, 0.25) is 11.8 Å². The third-order valence-electron chi connectivity index (χ3n) is 3.85. The summed E-state index contributed by atoms with van der Waals surface area (Å²) in [7, 11) is 1.64. The van der Waals surface area contributed by atoms with Crippen LogP contribution in [0.1, 0.15) is 12.4 Å². The van der Waals surface area contributed by atoms with Crippen molar-refractivity contribution < 1.29 is 18.4 Å². The van der Waals surface area contributed by atoms with Crippen molar-refractivity contribution in [2.75, 3.05) is 30.4 Å². The molecule has 132 valence electrons.